The first-order valence-electron chi connectivity index (χ1n) is 6.96. The third-order valence-corrected chi connectivity index (χ3v) is 4.81. The highest BCUT2D eigenvalue weighted by molar-refractivity contribution is 7.09. The van der Waals surface area contributed by atoms with Gasteiger partial charge < -0.3 is 4.98 Å². The Morgan fingerprint density at radius 1 is 1.48 bits per heavy atom. The van der Waals surface area contributed by atoms with Crippen molar-refractivity contribution in [1.29, 1.82) is 0 Å². The highest BCUT2D eigenvalue weighted by Crippen LogP contribution is 2.25. The zero-order valence-corrected chi connectivity index (χ0v) is 12.2. The summed E-state index contributed by atoms with van der Waals surface area (Å²) in [6.07, 6.45) is 4.12. The van der Waals surface area contributed by atoms with Crippen LogP contribution in [0.2, 0.25) is 0 Å². The number of hydrogen-bond donors (Lipinski definition) is 1. The zero-order valence-electron chi connectivity index (χ0n) is 11.4. The van der Waals surface area contributed by atoms with Crippen LogP contribution in [0.3, 0.4) is 0 Å². The first-order valence-corrected chi connectivity index (χ1v) is 7.84. The second kappa shape index (κ2) is 5.09. The summed E-state index contributed by atoms with van der Waals surface area (Å²) in [6, 6.07) is 4.42. The van der Waals surface area contributed by atoms with Crippen molar-refractivity contribution >= 4 is 22.5 Å². The van der Waals surface area contributed by atoms with E-state index in [9.17, 15) is 4.79 Å². The smallest absolute Gasteiger partial charge is 0.303 e. The van der Waals surface area contributed by atoms with Crippen LogP contribution in [0.1, 0.15) is 17.3 Å². The molecule has 1 N–H and O–H groups in total. The molecular weight excluding hydrogens is 286 g/mol. The van der Waals surface area contributed by atoms with Crippen molar-refractivity contribution in [3.63, 3.8) is 0 Å². The van der Waals surface area contributed by atoms with Gasteiger partial charge in [-0.15, -0.1) is 11.3 Å². The highest BCUT2D eigenvalue weighted by Gasteiger charge is 2.27. The maximum absolute atomic E-state index is 12.2. The van der Waals surface area contributed by atoms with Gasteiger partial charge in [0.05, 0.1) is 12.2 Å². The summed E-state index contributed by atoms with van der Waals surface area (Å²) >= 11 is 1.78. The van der Waals surface area contributed by atoms with Gasteiger partial charge in [0, 0.05) is 24.5 Å². The third-order valence-electron chi connectivity index (χ3n) is 3.95. The Bertz CT molecular complexity index is 806. The lowest BCUT2D eigenvalue weighted by atomic mass is 10.2. The number of aromatic nitrogens is 4. The second-order valence-electron chi connectivity index (χ2n) is 5.32. The summed E-state index contributed by atoms with van der Waals surface area (Å²) in [5.41, 5.74) is 1.32. The molecule has 3 aromatic heterocycles. The summed E-state index contributed by atoms with van der Waals surface area (Å²) in [6.45, 7) is 2.85. The molecular formula is C14H15N5OS. The van der Waals surface area contributed by atoms with Gasteiger partial charge in [0.2, 0.25) is 0 Å². The Morgan fingerprint density at radius 2 is 2.43 bits per heavy atom. The van der Waals surface area contributed by atoms with Gasteiger partial charge in [-0.05, 0) is 17.9 Å². The Kier molecular flexibility index (Phi) is 3.08. The zero-order chi connectivity index (χ0) is 14.2. The number of H-pyrrole nitrogens is 1. The quantitative estimate of drug-likeness (QED) is 0.798. The summed E-state index contributed by atoms with van der Waals surface area (Å²) in [5, 5.41) is 2.10. The minimum absolute atomic E-state index is 0.0894. The van der Waals surface area contributed by atoms with Gasteiger partial charge in [-0.25, -0.2) is 14.8 Å². The molecule has 21 heavy (non-hydrogen) atoms. The molecule has 108 valence electrons. The maximum atomic E-state index is 12.2. The molecule has 4 heterocycles. The van der Waals surface area contributed by atoms with Crippen molar-refractivity contribution in [3.8, 4) is 0 Å². The van der Waals surface area contributed by atoms with Crippen LogP contribution in [-0.2, 0) is 6.54 Å². The maximum Gasteiger partial charge on any atom is 0.328 e. The normalized spacial score (nSPS) is 19.5. The van der Waals surface area contributed by atoms with Crippen LogP contribution in [0, 0.1) is 0 Å². The van der Waals surface area contributed by atoms with E-state index in [4.69, 9.17) is 0 Å². The molecule has 0 aromatic carbocycles. The fourth-order valence-electron chi connectivity index (χ4n) is 3.00. The number of imidazole rings is 1. The van der Waals surface area contributed by atoms with Gasteiger partial charge in [0.15, 0.2) is 5.65 Å². The van der Waals surface area contributed by atoms with Crippen LogP contribution in [-0.4, -0.2) is 37.5 Å². The van der Waals surface area contributed by atoms with Crippen LogP contribution in [0.15, 0.2) is 34.8 Å². The van der Waals surface area contributed by atoms with Gasteiger partial charge in [-0.1, -0.05) is 6.07 Å². The van der Waals surface area contributed by atoms with Crippen molar-refractivity contribution in [3.05, 3.63) is 45.4 Å². The van der Waals surface area contributed by atoms with Crippen molar-refractivity contribution in [2.24, 2.45) is 0 Å². The lowest BCUT2D eigenvalue weighted by Crippen LogP contribution is -2.26. The Hall–Kier alpha value is -1.99. The van der Waals surface area contributed by atoms with Crippen LogP contribution in [0.25, 0.3) is 11.2 Å². The van der Waals surface area contributed by atoms with Crippen molar-refractivity contribution in [1.82, 2.24) is 24.4 Å². The number of fused-ring (bicyclic) bond motifs is 1. The third kappa shape index (κ3) is 2.28. The topological polar surface area (TPSA) is 66.8 Å². The molecule has 0 saturated carbocycles. The van der Waals surface area contributed by atoms with E-state index < -0.39 is 0 Å². The fraction of sp³-hybridized carbons (Fsp3) is 0.357. The van der Waals surface area contributed by atoms with Crippen LogP contribution < -0.4 is 5.69 Å². The van der Waals surface area contributed by atoms with E-state index in [1.807, 2.05) is 0 Å². The molecule has 0 aliphatic carbocycles. The molecule has 0 amide bonds. The fourth-order valence-corrected chi connectivity index (χ4v) is 3.75. The molecule has 7 heteroatoms. The minimum Gasteiger partial charge on any atom is -0.303 e. The molecule has 1 fully saturated rings. The largest absolute Gasteiger partial charge is 0.328 e. The Morgan fingerprint density at radius 3 is 3.29 bits per heavy atom. The summed E-state index contributed by atoms with van der Waals surface area (Å²) < 4.78 is 1.78. The van der Waals surface area contributed by atoms with E-state index in [2.05, 4.69) is 37.4 Å². The number of likely N-dealkylation sites (tertiary alicyclic amines) is 1. The minimum atomic E-state index is -0.0894. The summed E-state index contributed by atoms with van der Waals surface area (Å²) in [5.74, 6) is 0. The van der Waals surface area contributed by atoms with Gasteiger partial charge >= 0.3 is 5.69 Å². The average Bonchev–Trinajstić information content (AvgIpc) is 3.18. The van der Waals surface area contributed by atoms with Gasteiger partial charge in [0.25, 0.3) is 0 Å². The number of hydrogen-bond acceptors (Lipinski definition) is 5. The molecule has 1 aliphatic heterocycles. The standard InChI is InChI=1S/C14H15N5OS/c20-14-17-12-6-15-9-16-13(12)19(14)10-3-4-18(7-10)8-11-2-1-5-21-11/h1-2,5-6,9-10H,3-4,7-8H2,(H,17,20)/t10-/m0/s1. The van der Waals surface area contributed by atoms with Gasteiger partial charge in [0.1, 0.15) is 11.8 Å². The van der Waals surface area contributed by atoms with Gasteiger partial charge in [-0.2, -0.15) is 0 Å². The summed E-state index contributed by atoms with van der Waals surface area (Å²) in [4.78, 5) is 27.0. The van der Waals surface area contributed by atoms with E-state index in [-0.39, 0.29) is 11.7 Å². The lowest BCUT2D eigenvalue weighted by Gasteiger charge is -2.15. The Balaban J connectivity index is 1.59. The van der Waals surface area contributed by atoms with Gasteiger partial charge in [-0.3, -0.25) is 9.47 Å². The predicted molar refractivity (Wildman–Crippen MR) is 81.4 cm³/mol. The molecule has 1 atom stereocenters. The second-order valence-corrected chi connectivity index (χ2v) is 6.35. The molecule has 0 spiro atoms. The predicted octanol–water partition coefficient (Wildman–Crippen LogP) is 1.63. The Labute approximate surface area is 125 Å². The van der Waals surface area contributed by atoms with Crippen LogP contribution in [0.4, 0.5) is 0 Å². The summed E-state index contributed by atoms with van der Waals surface area (Å²) in [7, 11) is 0. The monoisotopic (exact) mass is 301 g/mol. The first-order chi connectivity index (χ1) is 10.3. The first kappa shape index (κ1) is 12.7. The van der Waals surface area contributed by atoms with E-state index in [1.54, 1.807) is 22.1 Å². The molecule has 0 unspecified atom stereocenters. The molecule has 3 aromatic rings. The highest BCUT2D eigenvalue weighted by atomic mass is 32.1. The lowest BCUT2D eigenvalue weighted by molar-refractivity contribution is 0.319. The number of nitrogens with one attached hydrogen (secondary N) is 1. The average molecular weight is 301 g/mol. The van der Waals surface area contributed by atoms with Crippen LogP contribution in [0.5, 0.6) is 0 Å². The number of rotatable bonds is 3. The molecule has 1 aliphatic rings. The van der Waals surface area contributed by atoms with E-state index in [1.165, 1.54) is 11.2 Å². The van der Waals surface area contributed by atoms with Crippen molar-refractivity contribution in [2.45, 2.75) is 19.0 Å². The number of thiophene rings is 1. The van der Waals surface area contributed by atoms with Crippen molar-refractivity contribution in [2.75, 3.05) is 13.1 Å². The molecule has 1 saturated heterocycles. The SMILES string of the molecule is O=c1[nH]c2cncnc2n1[C@H]1CCN(Cc2cccs2)C1. The van der Waals surface area contributed by atoms with Crippen LogP contribution >= 0.6 is 11.3 Å². The van der Waals surface area contributed by atoms with E-state index >= 15 is 0 Å². The molecule has 4 rings (SSSR count). The molecule has 0 bridgehead atoms. The van der Waals surface area contributed by atoms with E-state index in [0.29, 0.717) is 11.2 Å². The van der Waals surface area contributed by atoms with Crippen molar-refractivity contribution < 1.29 is 0 Å². The molecule has 6 nitrogen and oxygen atoms in total. The van der Waals surface area contributed by atoms with E-state index in [0.717, 1.165) is 26.1 Å². The number of nitrogens with zero attached hydrogens (tertiary/aromatic N) is 4. The molecule has 0 radical (unpaired) electrons. The number of aromatic amines is 1.